The average Bonchev–Trinajstić information content (AvgIpc) is 2.87. The number of nitrogens with zero attached hydrogens (tertiary/aromatic N) is 2. The molecule has 3 saturated heterocycles. The molecule has 3 aliphatic heterocycles. The molecule has 2 aromatic carbocycles. The predicted molar refractivity (Wildman–Crippen MR) is 129 cm³/mol. The molecule has 8 heteroatoms. The predicted octanol–water partition coefficient (Wildman–Crippen LogP) is 3.47. The van der Waals surface area contributed by atoms with Crippen molar-refractivity contribution in [1.82, 2.24) is 5.32 Å². The summed E-state index contributed by atoms with van der Waals surface area (Å²) in [5, 5.41) is 12.6. The molecule has 0 aromatic heterocycles. The number of hydrogen-bond acceptors (Lipinski definition) is 7. The minimum Gasteiger partial charge on any atom is -0.494 e. The van der Waals surface area contributed by atoms with Crippen LogP contribution in [0.1, 0.15) is 24.0 Å². The van der Waals surface area contributed by atoms with Gasteiger partial charge in [0.15, 0.2) is 17.9 Å². The molecule has 1 N–H and O–H groups in total. The minimum absolute atomic E-state index is 0.0982. The van der Waals surface area contributed by atoms with E-state index in [0.29, 0.717) is 45.1 Å². The van der Waals surface area contributed by atoms with Gasteiger partial charge in [-0.2, -0.15) is 5.26 Å². The van der Waals surface area contributed by atoms with Crippen molar-refractivity contribution in [2.75, 3.05) is 58.1 Å². The number of nitriles is 1. The second kappa shape index (κ2) is 10.1. The van der Waals surface area contributed by atoms with Gasteiger partial charge in [-0.15, -0.1) is 0 Å². The fourth-order valence-corrected chi connectivity index (χ4v) is 5.25. The van der Waals surface area contributed by atoms with E-state index in [1.807, 2.05) is 18.2 Å². The number of rotatable bonds is 7. The monoisotopic (exact) mass is 481 g/mol. The number of nitrogens with one attached hydrogen (secondary N) is 1. The second-order valence-electron chi connectivity index (χ2n) is 10.0. The number of methoxy groups -OCH3 is 1. The number of halogens is 1. The molecule has 186 valence electrons. The van der Waals surface area contributed by atoms with Crippen molar-refractivity contribution in [1.29, 1.82) is 5.26 Å². The van der Waals surface area contributed by atoms with Gasteiger partial charge in [0.1, 0.15) is 0 Å². The van der Waals surface area contributed by atoms with E-state index in [0.717, 1.165) is 37.2 Å². The molecule has 0 radical (unpaired) electrons. The highest BCUT2D eigenvalue weighted by molar-refractivity contribution is 5.51. The topological polar surface area (TPSA) is 76.0 Å². The zero-order valence-electron chi connectivity index (χ0n) is 20.1. The second-order valence-corrected chi connectivity index (χ2v) is 10.0. The van der Waals surface area contributed by atoms with Gasteiger partial charge in [0.05, 0.1) is 50.6 Å². The molecule has 2 aromatic rings. The lowest BCUT2D eigenvalue weighted by Crippen LogP contribution is -2.62. The van der Waals surface area contributed by atoms with Gasteiger partial charge in [-0.05, 0) is 67.9 Å². The van der Waals surface area contributed by atoms with Crippen LogP contribution in [0, 0.1) is 28.0 Å². The van der Waals surface area contributed by atoms with Crippen LogP contribution in [0.25, 0.3) is 0 Å². The van der Waals surface area contributed by atoms with Crippen LogP contribution in [0.2, 0.25) is 0 Å². The molecule has 0 atom stereocenters. The average molecular weight is 482 g/mol. The summed E-state index contributed by atoms with van der Waals surface area (Å²) in [7, 11) is 1.46. The summed E-state index contributed by atoms with van der Waals surface area (Å²) in [5.41, 5.74) is 2.13. The van der Waals surface area contributed by atoms with Gasteiger partial charge in [0.25, 0.3) is 0 Å². The SMILES string of the molecule is COc1ccc(CN(CC2(C3OCC4(CCNCC4)CO3)COC2)c2ccc(C#N)cc2)cc1F. The highest BCUT2D eigenvalue weighted by Crippen LogP contribution is 2.42. The number of benzene rings is 2. The lowest BCUT2D eigenvalue weighted by atomic mass is 9.78. The van der Waals surface area contributed by atoms with Crippen LogP contribution in [-0.4, -0.2) is 59.5 Å². The first-order valence-electron chi connectivity index (χ1n) is 12.1. The third kappa shape index (κ3) is 5.00. The first-order chi connectivity index (χ1) is 17.0. The van der Waals surface area contributed by atoms with E-state index >= 15 is 0 Å². The molecule has 0 unspecified atom stereocenters. The number of piperidine rings is 1. The van der Waals surface area contributed by atoms with Crippen LogP contribution in [-0.2, 0) is 20.8 Å². The van der Waals surface area contributed by atoms with Crippen LogP contribution < -0.4 is 15.0 Å². The quantitative estimate of drug-likeness (QED) is 0.649. The maximum Gasteiger partial charge on any atom is 0.169 e. The first-order valence-corrected chi connectivity index (χ1v) is 12.1. The van der Waals surface area contributed by atoms with Crippen molar-refractivity contribution in [3.8, 4) is 11.8 Å². The maximum atomic E-state index is 14.4. The smallest absolute Gasteiger partial charge is 0.169 e. The van der Waals surface area contributed by atoms with E-state index < -0.39 is 5.82 Å². The number of ether oxygens (including phenoxy) is 4. The Morgan fingerprint density at radius 2 is 1.80 bits per heavy atom. The van der Waals surface area contributed by atoms with E-state index in [-0.39, 0.29) is 22.9 Å². The van der Waals surface area contributed by atoms with E-state index in [1.54, 1.807) is 18.2 Å². The van der Waals surface area contributed by atoms with Gasteiger partial charge in [-0.1, -0.05) is 6.07 Å². The van der Waals surface area contributed by atoms with Gasteiger partial charge in [0.2, 0.25) is 0 Å². The summed E-state index contributed by atoms with van der Waals surface area (Å²) in [6.07, 6.45) is 1.76. The van der Waals surface area contributed by atoms with Gasteiger partial charge in [-0.3, -0.25) is 0 Å². The molecule has 5 rings (SSSR count). The molecule has 0 bridgehead atoms. The summed E-state index contributed by atoms with van der Waals surface area (Å²) in [5.74, 6) is -0.170. The van der Waals surface area contributed by atoms with Crippen LogP contribution in [0.4, 0.5) is 10.1 Å². The molecule has 3 heterocycles. The molecule has 0 amide bonds. The van der Waals surface area contributed by atoms with Crippen LogP contribution in [0.5, 0.6) is 5.75 Å². The largest absolute Gasteiger partial charge is 0.494 e. The third-order valence-electron chi connectivity index (χ3n) is 7.48. The van der Waals surface area contributed by atoms with Crippen molar-refractivity contribution >= 4 is 5.69 Å². The highest BCUT2D eigenvalue weighted by Gasteiger charge is 2.52. The zero-order chi connectivity index (χ0) is 24.3. The molecule has 0 aliphatic carbocycles. The third-order valence-corrected chi connectivity index (χ3v) is 7.48. The number of hydrogen-bond donors (Lipinski definition) is 1. The van der Waals surface area contributed by atoms with Gasteiger partial charge >= 0.3 is 0 Å². The van der Waals surface area contributed by atoms with Crippen molar-refractivity contribution in [2.45, 2.75) is 25.7 Å². The van der Waals surface area contributed by atoms with E-state index in [4.69, 9.17) is 18.9 Å². The van der Waals surface area contributed by atoms with Crippen molar-refractivity contribution in [3.63, 3.8) is 0 Å². The minimum atomic E-state index is -0.391. The van der Waals surface area contributed by atoms with Crippen molar-refractivity contribution in [2.24, 2.45) is 10.8 Å². The van der Waals surface area contributed by atoms with Gasteiger partial charge < -0.3 is 29.2 Å². The Morgan fingerprint density at radius 1 is 1.09 bits per heavy atom. The Kier molecular flexibility index (Phi) is 6.94. The lowest BCUT2D eigenvalue weighted by molar-refractivity contribution is -0.319. The molecule has 1 spiro atoms. The Morgan fingerprint density at radius 3 is 2.37 bits per heavy atom. The normalized spacial score (nSPS) is 21.2. The summed E-state index contributed by atoms with van der Waals surface area (Å²) < 4.78 is 37.9. The standard InChI is InChI=1S/C27H32FN3O4/c1-32-24-7-4-21(12-23(24)28)14-31(22-5-2-20(13-29)3-6-22)15-27(18-33-19-27)25-34-16-26(17-35-25)8-10-30-11-9-26/h2-7,12,25,30H,8-11,14-19H2,1H3. The molecule has 3 aliphatic rings. The van der Waals surface area contributed by atoms with Gasteiger partial charge in [0, 0.05) is 24.2 Å². The summed E-state index contributed by atoms with van der Waals surface area (Å²) in [6.45, 7) is 5.56. The molecule has 35 heavy (non-hydrogen) atoms. The Labute approximate surface area is 205 Å². The molecular weight excluding hydrogens is 449 g/mol. The summed E-state index contributed by atoms with van der Waals surface area (Å²) in [6, 6.07) is 14.7. The van der Waals surface area contributed by atoms with Crippen LogP contribution in [0.3, 0.4) is 0 Å². The van der Waals surface area contributed by atoms with Crippen LogP contribution >= 0.6 is 0 Å². The fourth-order valence-electron chi connectivity index (χ4n) is 5.25. The Hall–Kier alpha value is -2.70. The maximum absolute atomic E-state index is 14.4. The molecule has 7 nitrogen and oxygen atoms in total. The summed E-state index contributed by atoms with van der Waals surface area (Å²) in [4.78, 5) is 2.19. The molecule has 0 saturated carbocycles. The molecule has 3 fully saturated rings. The lowest BCUT2D eigenvalue weighted by Gasteiger charge is -2.52. The number of anilines is 1. The fraction of sp³-hybridized carbons (Fsp3) is 0.519. The van der Waals surface area contributed by atoms with Gasteiger partial charge in [-0.25, -0.2) is 4.39 Å². The van der Waals surface area contributed by atoms with Crippen molar-refractivity contribution in [3.05, 3.63) is 59.4 Å². The zero-order valence-corrected chi connectivity index (χ0v) is 20.1. The van der Waals surface area contributed by atoms with E-state index in [1.165, 1.54) is 13.2 Å². The van der Waals surface area contributed by atoms with Crippen LogP contribution in [0.15, 0.2) is 42.5 Å². The molecular formula is C27H32FN3O4. The van der Waals surface area contributed by atoms with E-state index in [2.05, 4.69) is 16.3 Å². The Balaban J connectivity index is 1.36. The highest BCUT2D eigenvalue weighted by atomic mass is 19.1. The van der Waals surface area contributed by atoms with E-state index in [9.17, 15) is 9.65 Å². The van der Waals surface area contributed by atoms with Crippen molar-refractivity contribution < 1.29 is 23.3 Å². The Bertz CT molecular complexity index is 1050. The first kappa shape index (κ1) is 24.0. The summed E-state index contributed by atoms with van der Waals surface area (Å²) >= 11 is 0.